The number of hydrogen-bond donors (Lipinski definition) is 4. The number of rotatable bonds is 0. The quantitative estimate of drug-likeness (QED) is 0.361. The first-order chi connectivity index (χ1) is 8.61. The first kappa shape index (κ1) is 10.5. The molecule has 0 radical (unpaired) electrons. The van der Waals surface area contributed by atoms with E-state index in [0.717, 1.165) is 0 Å². The fourth-order valence-corrected chi connectivity index (χ4v) is 2.23. The summed E-state index contributed by atoms with van der Waals surface area (Å²) in [5, 5.41) is 40.8. The molecule has 3 rings (SSSR count). The van der Waals surface area contributed by atoms with Gasteiger partial charge in [-0.05, 0) is 12.1 Å². The predicted molar refractivity (Wildman–Crippen MR) is 68.1 cm³/mol. The third-order valence-electron chi connectivity index (χ3n) is 3.07. The van der Waals surface area contributed by atoms with Gasteiger partial charge >= 0.3 is 0 Å². The Balaban J connectivity index is 2.72. The summed E-state index contributed by atoms with van der Waals surface area (Å²) in [5.74, 6) is -0.707. The number of aromatic hydroxyl groups is 4. The third kappa shape index (κ3) is 1.20. The number of phenolic OH excluding ortho intramolecular Hbond substituents is 4. The van der Waals surface area contributed by atoms with E-state index in [1.807, 2.05) is 0 Å². The zero-order valence-electron chi connectivity index (χ0n) is 9.25. The number of fused-ring (bicyclic) bond motifs is 2. The Hall–Kier alpha value is -2.62. The van der Waals surface area contributed by atoms with Crippen molar-refractivity contribution < 1.29 is 20.4 Å². The van der Waals surface area contributed by atoms with Crippen LogP contribution < -0.4 is 0 Å². The van der Waals surface area contributed by atoms with Gasteiger partial charge in [0, 0.05) is 10.8 Å². The summed E-state index contributed by atoms with van der Waals surface area (Å²) in [4.78, 5) is 0. The molecule has 0 amide bonds. The minimum Gasteiger partial charge on any atom is -0.507 e. The largest absolute Gasteiger partial charge is 0.507 e. The number of benzene rings is 3. The first-order valence-corrected chi connectivity index (χ1v) is 5.38. The highest BCUT2D eigenvalue weighted by Gasteiger charge is 2.18. The Bertz CT molecular complexity index is 712. The molecule has 0 aliphatic rings. The van der Waals surface area contributed by atoms with Gasteiger partial charge in [-0.3, -0.25) is 0 Å². The van der Waals surface area contributed by atoms with Crippen LogP contribution in [-0.4, -0.2) is 20.4 Å². The molecule has 0 heterocycles. The van der Waals surface area contributed by atoms with Crippen molar-refractivity contribution in [2.45, 2.75) is 0 Å². The van der Waals surface area contributed by atoms with Crippen LogP contribution in [0.4, 0.5) is 0 Å². The van der Waals surface area contributed by atoms with Gasteiger partial charge in [0.05, 0.1) is 10.8 Å². The normalized spacial score (nSPS) is 11.1. The van der Waals surface area contributed by atoms with Gasteiger partial charge in [-0.25, -0.2) is 0 Å². The van der Waals surface area contributed by atoms with Crippen molar-refractivity contribution >= 4 is 21.5 Å². The Morgan fingerprint density at radius 3 is 1.33 bits per heavy atom. The molecule has 4 heteroatoms. The maximum absolute atomic E-state index is 10.2. The van der Waals surface area contributed by atoms with Crippen LogP contribution in [0.2, 0.25) is 0 Å². The van der Waals surface area contributed by atoms with E-state index in [1.165, 1.54) is 12.1 Å². The second-order valence-electron chi connectivity index (χ2n) is 4.10. The lowest BCUT2D eigenvalue weighted by Crippen LogP contribution is -1.82. The molecule has 90 valence electrons. The minimum absolute atomic E-state index is 0.0474. The average molecular weight is 242 g/mol. The van der Waals surface area contributed by atoms with E-state index in [-0.39, 0.29) is 33.8 Å². The molecular weight excluding hydrogens is 232 g/mol. The van der Waals surface area contributed by atoms with Crippen molar-refractivity contribution in [3.63, 3.8) is 0 Å². The summed E-state index contributed by atoms with van der Waals surface area (Å²) in [6.45, 7) is 0. The van der Waals surface area contributed by atoms with E-state index in [1.54, 1.807) is 24.3 Å². The van der Waals surface area contributed by atoms with Crippen LogP contribution >= 0.6 is 0 Å². The zero-order chi connectivity index (χ0) is 12.9. The Labute approximate surface area is 102 Å². The zero-order valence-corrected chi connectivity index (χ0v) is 9.25. The molecule has 0 spiro atoms. The van der Waals surface area contributed by atoms with Gasteiger partial charge in [-0.1, -0.05) is 24.3 Å². The van der Waals surface area contributed by atoms with E-state index in [9.17, 15) is 20.4 Å². The van der Waals surface area contributed by atoms with Crippen molar-refractivity contribution in [1.29, 1.82) is 0 Å². The molecule has 0 unspecified atom stereocenters. The van der Waals surface area contributed by atoms with Gasteiger partial charge in [0.15, 0.2) is 0 Å². The van der Waals surface area contributed by atoms with Crippen LogP contribution in [0.3, 0.4) is 0 Å². The fraction of sp³-hybridized carbons (Fsp3) is 0. The Kier molecular flexibility index (Phi) is 2.01. The lowest BCUT2D eigenvalue weighted by atomic mass is 9.99. The van der Waals surface area contributed by atoms with Gasteiger partial charge in [0.2, 0.25) is 0 Å². The molecule has 0 bridgehead atoms. The highest BCUT2D eigenvalue weighted by Crippen LogP contribution is 2.48. The molecule has 0 fully saturated rings. The van der Waals surface area contributed by atoms with Crippen LogP contribution in [0.15, 0.2) is 36.4 Å². The van der Waals surface area contributed by atoms with E-state index >= 15 is 0 Å². The van der Waals surface area contributed by atoms with Gasteiger partial charge in [0.25, 0.3) is 0 Å². The van der Waals surface area contributed by atoms with Gasteiger partial charge in [-0.15, -0.1) is 0 Å². The number of phenols is 4. The second-order valence-corrected chi connectivity index (χ2v) is 4.10. The number of hydrogen-bond acceptors (Lipinski definition) is 4. The summed E-state index contributed by atoms with van der Waals surface area (Å²) < 4.78 is 0. The molecule has 0 aliphatic heterocycles. The SMILES string of the molecule is Oc1ccc(O)c2c(O)c3ccccc3c(O)c12. The molecule has 0 saturated heterocycles. The molecule has 3 aromatic carbocycles. The molecular formula is C14H10O4. The summed E-state index contributed by atoms with van der Waals surface area (Å²) in [6, 6.07) is 9.23. The predicted octanol–water partition coefficient (Wildman–Crippen LogP) is 2.82. The summed E-state index contributed by atoms with van der Waals surface area (Å²) in [7, 11) is 0. The average Bonchev–Trinajstić information content (AvgIpc) is 2.38. The maximum atomic E-state index is 10.2. The summed E-state index contributed by atoms with van der Waals surface area (Å²) in [6.07, 6.45) is 0. The molecule has 0 aromatic heterocycles. The highest BCUT2D eigenvalue weighted by molar-refractivity contribution is 6.14. The van der Waals surface area contributed by atoms with Gasteiger partial charge in [-0.2, -0.15) is 0 Å². The standard InChI is InChI=1S/C14H10O4/c15-9-5-6-10(16)12-11(9)13(17)7-3-1-2-4-8(7)14(12)18/h1-6,15-18H. The Morgan fingerprint density at radius 1 is 0.556 bits per heavy atom. The van der Waals surface area contributed by atoms with Crippen LogP contribution in [0.1, 0.15) is 0 Å². The second kappa shape index (κ2) is 3.43. The molecule has 4 N–H and O–H groups in total. The van der Waals surface area contributed by atoms with E-state index in [4.69, 9.17) is 0 Å². The first-order valence-electron chi connectivity index (χ1n) is 5.38. The van der Waals surface area contributed by atoms with Gasteiger partial charge in [0.1, 0.15) is 23.0 Å². The van der Waals surface area contributed by atoms with E-state index < -0.39 is 0 Å². The van der Waals surface area contributed by atoms with E-state index in [2.05, 4.69) is 0 Å². The maximum Gasteiger partial charge on any atom is 0.135 e. The van der Waals surface area contributed by atoms with Crippen LogP contribution in [0, 0.1) is 0 Å². The molecule has 18 heavy (non-hydrogen) atoms. The topological polar surface area (TPSA) is 80.9 Å². The molecule has 0 atom stereocenters. The van der Waals surface area contributed by atoms with Crippen molar-refractivity contribution in [3.05, 3.63) is 36.4 Å². The Morgan fingerprint density at radius 2 is 0.944 bits per heavy atom. The smallest absolute Gasteiger partial charge is 0.135 e. The van der Waals surface area contributed by atoms with Crippen molar-refractivity contribution in [3.8, 4) is 23.0 Å². The molecule has 0 saturated carbocycles. The highest BCUT2D eigenvalue weighted by atomic mass is 16.3. The van der Waals surface area contributed by atoms with Crippen molar-refractivity contribution in [2.75, 3.05) is 0 Å². The molecule has 0 aliphatic carbocycles. The van der Waals surface area contributed by atoms with E-state index in [0.29, 0.717) is 10.8 Å². The van der Waals surface area contributed by atoms with Crippen LogP contribution in [-0.2, 0) is 0 Å². The third-order valence-corrected chi connectivity index (χ3v) is 3.07. The van der Waals surface area contributed by atoms with Crippen molar-refractivity contribution in [1.82, 2.24) is 0 Å². The molecule has 3 aromatic rings. The summed E-state index contributed by atoms with van der Waals surface area (Å²) in [5.41, 5.74) is 0. The minimum atomic E-state index is -0.193. The lowest BCUT2D eigenvalue weighted by molar-refractivity contribution is 0.451. The van der Waals surface area contributed by atoms with Crippen LogP contribution in [0.5, 0.6) is 23.0 Å². The monoisotopic (exact) mass is 242 g/mol. The van der Waals surface area contributed by atoms with Crippen molar-refractivity contribution in [2.24, 2.45) is 0 Å². The lowest BCUT2D eigenvalue weighted by Gasteiger charge is -2.11. The summed E-state index contributed by atoms with van der Waals surface area (Å²) >= 11 is 0. The molecule has 4 nitrogen and oxygen atoms in total. The van der Waals surface area contributed by atoms with Gasteiger partial charge < -0.3 is 20.4 Å². The van der Waals surface area contributed by atoms with Crippen LogP contribution in [0.25, 0.3) is 21.5 Å². The fourth-order valence-electron chi connectivity index (χ4n) is 2.23.